The van der Waals surface area contributed by atoms with E-state index >= 15 is 0 Å². The standard InChI is InChI=1S/C26H29NO2/c1-20(13-14-22-9-5-3-6-10-22)27-21(2)26(28)24-15-17-25(18-16-24)29-19-23-11-7-4-8-12-23/h3-12,15-18,20-21,27H,13-14,19H2,1-2H3/t20-,21-/m0/s1. The molecule has 3 rings (SSSR count). The van der Waals surface area contributed by atoms with Crippen LogP contribution < -0.4 is 10.1 Å². The lowest BCUT2D eigenvalue weighted by molar-refractivity contribution is 0.0944. The summed E-state index contributed by atoms with van der Waals surface area (Å²) in [5.74, 6) is 0.869. The Balaban J connectivity index is 1.47. The predicted molar refractivity (Wildman–Crippen MR) is 118 cm³/mol. The Kier molecular flexibility index (Phi) is 7.60. The Bertz CT molecular complexity index is 876. The van der Waals surface area contributed by atoms with Crippen molar-refractivity contribution in [2.45, 2.75) is 45.4 Å². The first-order valence-corrected chi connectivity index (χ1v) is 10.2. The largest absolute Gasteiger partial charge is 0.489 e. The predicted octanol–water partition coefficient (Wildman–Crippen LogP) is 5.45. The molecule has 3 nitrogen and oxygen atoms in total. The number of rotatable bonds is 10. The quantitative estimate of drug-likeness (QED) is 0.470. The monoisotopic (exact) mass is 387 g/mol. The minimum atomic E-state index is -0.225. The molecule has 0 aliphatic rings. The third kappa shape index (κ3) is 6.58. The van der Waals surface area contributed by atoms with Gasteiger partial charge in [-0.25, -0.2) is 0 Å². The molecule has 0 fully saturated rings. The summed E-state index contributed by atoms with van der Waals surface area (Å²) in [4.78, 5) is 12.7. The number of carbonyl (C=O) groups is 1. The van der Waals surface area contributed by atoms with Gasteiger partial charge in [0.15, 0.2) is 5.78 Å². The maximum absolute atomic E-state index is 12.7. The molecule has 3 heteroatoms. The van der Waals surface area contributed by atoms with Gasteiger partial charge in [0.05, 0.1) is 6.04 Å². The molecule has 0 spiro atoms. The lowest BCUT2D eigenvalue weighted by atomic mass is 10.0. The van der Waals surface area contributed by atoms with E-state index in [0.29, 0.717) is 12.2 Å². The van der Waals surface area contributed by atoms with Gasteiger partial charge in [0.2, 0.25) is 0 Å². The summed E-state index contributed by atoms with van der Waals surface area (Å²) in [5.41, 5.74) is 3.15. The molecule has 2 atom stereocenters. The van der Waals surface area contributed by atoms with Gasteiger partial charge in [0, 0.05) is 11.6 Å². The summed E-state index contributed by atoms with van der Waals surface area (Å²) in [6.07, 6.45) is 2.00. The average molecular weight is 388 g/mol. The normalized spacial score (nSPS) is 12.9. The van der Waals surface area contributed by atoms with Crippen molar-refractivity contribution in [2.75, 3.05) is 0 Å². The summed E-state index contributed by atoms with van der Waals surface area (Å²) in [5, 5.41) is 3.43. The smallest absolute Gasteiger partial charge is 0.179 e. The molecule has 0 radical (unpaired) electrons. The van der Waals surface area contributed by atoms with Crippen LogP contribution in [0.25, 0.3) is 0 Å². The number of ketones is 1. The third-order valence-electron chi connectivity index (χ3n) is 5.02. The summed E-state index contributed by atoms with van der Waals surface area (Å²) in [6, 6.07) is 27.9. The number of hydrogen-bond donors (Lipinski definition) is 1. The maximum atomic E-state index is 12.7. The molecule has 29 heavy (non-hydrogen) atoms. The van der Waals surface area contributed by atoms with E-state index in [4.69, 9.17) is 4.74 Å². The van der Waals surface area contributed by atoms with Gasteiger partial charge >= 0.3 is 0 Å². The van der Waals surface area contributed by atoms with Crippen molar-refractivity contribution in [3.63, 3.8) is 0 Å². The summed E-state index contributed by atoms with van der Waals surface area (Å²) < 4.78 is 5.80. The van der Waals surface area contributed by atoms with Crippen LogP contribution in [0.15, 0.2) is 84.9 Å². The van der Waals surface area contributed by atoms with Crippen molar-refractivity contribution in [3.05, 3.63) is 102 Å². The molecule has 0 aliphatic heterocycles. The van der Waals surface area contributed by atoms with E-state index in [1.807, 2.05) is 67.6 Å². The van der Waals surface area contributed by atoms with E-state index in [1.54, 1.807) is 0 Å². The zero-order valence-corrected chi connectivity index (χ0v) is 17.2. The molecule has 0 heterocycles. The van der Waals surface area contributed by atoms with Gasteiger partial charge < -0.3 is 10.1 Å². The number of aryl methyl sites for hydroxylation is 1. The Labute approximate surface area is 173 Å². The number of carbonyl (C=O) groups excluding carboxylic acids is 1. The second kappa shape index (κ2) is 10.6. The highest BCUT2D eigenvalue weighted by atomic mass is 16.5. The Morgan fingerprint density at radius 3 is 2.03 bits per heavy atom. The summed E-state index contributed by atoms with van der Waals surface area (Å²) in [6.45, 7) is 4.58. The van der Waals surface area contributed by atoms with Crippen molar-refractivity contribution >= 4 is 5.78 Å². The van der Waals surface area contributed by atoms with Crippen molar-refractivity contribution in [3.8, 4) is 5.75 Å². The first-order valence-electron chi connectivity index (χ1n) is 10.2. The van der Waals surface area contributed by atoms with Crippen LogP contribution in [0.3, 0.4) is 0 Å². The molecule has 1 N–H and O–H groups in total. The zero-order chi connectivity index (χ0) is 20.5. The van der Waals surface area contributed by atoms with Crippen molar-refractivity contribution in [1.29, 1.82) is 0 Å². The van der Waals surface area contributed by atoms with Gasteiger partial charge in [-0.3, -0.25) is 4.79 Å². The highest BCUT2D eigenvalue weighted by Crippen LogP contribution is 2.16. The lowest BCUT2D eigenvalue weighted by Gasteiger charge is -2.19. The number of Topliss-reactive ketones (excluding diaryl/α,β-unsaturated/α-hetero) is 1. The topological polar surface area (TPSA) is 38.3 Å². The molecule has 3 aromatic rings. The fourth-order valence-corrected chi connectivity index (χ4v) is 3.32. The molecular weight excluding hydrogens is 358 g/mol. The fourth-order valence-electron chi connectivity index (χ4n) is 3.32. The third-order valence-corrected chi connectivity index (χ3v) is 5.02. The summed E-state index contributed by atoms with van der Waals surface area (Å²) in [7, 11) is 0. The van der Waals surface area contributed by atoms with Crippen LogP contribution in [-0.2, 0) is 13.0 Å². The van der Waals surface area contributed by atoms with Crippen LogP contribution in [0.5, 0.6) is 5.75 Å². The van der Waals surface area contributed by atoms with E-state index in [1.165, 1.54) is 5.56 Å². The molecule has 3 aromatic carbocycles. The maximum Gasteiger partial charge on any atom is 0.179 e. The molecule has 0 aromatic heterocycles. The number of benzene rings is 3. The zero-order valence-electron chi connectivity index (χ0n) is 17.2. The fraction of sp³-hybridized carbons (Fsp3) is 0.269. The van der Waals surface area contributed by atoms with Crippen LogP contribution in [0.4, 0.5) is 0 Å². The molecule has 0 aliphatic carbocycles. The minimum absolute atomic E-state index is 0.103. The van der Waals surface area contributed by atoms with Crippen LogP contribution >= 0.6 is 0 Å². The van der Waals surface area contributed by atoms with Gasteiger partial charge in [-0.05, 0) is 62.1 Å². The molecule has 0 bridgehead atoms. The van der Waals surface area contributed by atoms with Crippen LogP contribution in [0.2, 0.25) is 0 Å². The van der Waals surface area contributed by atoms with Gasteiger partial charge in [-0.1, -0.05) is 60.7 Å². The first kappa shape index (κ1) is 20.8. The molecule has 0 saturated heterocycles. The van der Waals surface area contributed by atoms with E-state index in [0.717, 1.165) is 24.2 Å². The summed E-state index contributed by atoms with van der Waals surface area (Å²) >= 11 is 0. The van der Waals surface area contributed by atoms with E-state index in [9.17, 15) is 4.79 Å². The molecule has 0 saturated carbocycles. The van der Waals surface area contributed by atoms with Crippen molar-refractivity contribution < 1.29 is 9.53 Å². The van der Waals surface area contributed by atoms with Gasteiger partial charge in [-0.15, -0.1) is 0 Å². The SMILES string of the molecule is C[C@H](N[C@@H](C)CCc1ccccc1)C(=O)c1ccc(OCc2ccccc2)cc1. The molecular formula is C26H29NO2. The Hall–Kier alpha value is -2.91. The second-order valence-corrected chi connectivity index (χ2v) is 7.48. The highest BCUT2D eigenvalue weighted by molar-refractivity contribution is 5.99. The first-order chi connectivity index (χ1) is 14.1. The molecule has 0 unspecified atom stereocenters. The van der Waals surface area contributed by atoms with Crippen LogP contribution in [0, 0.1) is 0 Å². The number of ether oxygens (including phenoxy) is 1. The van der Waals surface area contributed by atoms with E-state index in [2.05, 4.69) is 36.5 Å². The minimum Gasteiger partial charge on any atom is -0.489 e. The number of hydrogen-bond acceptors (Lipinski definition) is 3. The highest BCUT2D eigenvalue weighted by Gasteiger charge is 2.17. The Morgan fingerprint density at radius 1 is 0.828 bits per heavy atom. The van der Waals surface area contributed by atoms with Gasteiger partial charge in [0.25, 0.3) is 0 Å². The van der Waals surface area contributed by atoms with Crippen molar-refractivity contribution in [1.82, 2.24) is 5.32 Å². The second-order valence-electron chi connectivity index (χ2n) is 7.48. The van der Waals surface area contributed by atoms with Gasteiger partial charge in [-0.2, -0.15) is 0 Å². The number of nitrogens with one attached hydrogen (secondary N) is 1. The molecule has 150 valence electrons. The Morgan fingerprint density at radius 2 is 1.41 bits per heavy atom. The van der Waals surface area contributed by atoms with Gasteiger partial charge in [0.1, 0.15) is 12.4 Å². The van der Waals surface area contributed by atoms with E-state index < -0.39 is 0 Å². The van der Waals surface area contributed by atoms with Crippen LogP contribution in [-0.4, -0.2) is 17.9 Å². The van der Waals surface area contributed by atoms with Crippen molar-refractivity contribution in [2.24, 2.45) is 0 Å². The van der Waals surface area contributed by atoms with E-state index in [-0.39, 0.29) is 17.9 Å². The lowest BCUT2D eigenvalue weighted by Crippen LogP contribution is -2.40. The van der Waals surface area contributed by atoms with Crippen LogP contribution in [0.1, 0.15) is 41.8 Å². The molecule has 0 amide bonds. The average Bonchev–Trinajstić information content (AvgIpc) is 2.77.